The Balaban J connectivity index is 1.66. The van der Waals surface area contributed by atoms with Crippen LogP contribution in [0.1, 0.15) is 44.0 Å². The Labute approximate surface area is 123 Å². The molecule has 1 aliphatic rings. The van der Waals surface area contributed by atoms with Crippen molar-refractivity contribution in [2.24, 2.45) is 5.92 Å². The number of nitrogens with one attached hydrogen (secondary N) is 1. The normalized spacial score (nSPS) is 23.2. The molecule has 112 valence electrons. The molecular formula is C17H29N3. The zero-order valence-electron chi connectivity index (χ0n) is 13.2. The summed E-state index contributed by atoms with van der Waals surface area (Å²) in [6.07, 6.45) is 5.51. The van der Waals surface area contributed by atoms with Gasteiger partial charge >= 0.3 is 0 Å². The van der Waals surface area contributed by atoms with Crippen LogP contribution in [0.5, 0.6) is 0 Å². The highest BCUT2D eigenvalue weighted by Crippen LogP contribution is 2.23. The molecule has 0 amide bonds. The number of aryl methyl sites for hydroxylation is 1. The van der Waals surface area contributed by atoms with Gasteiger partial charge in [0.25, 0.3) is 0 Å². The first-order valence-electron chi connectivity index (χ1n) is 7.98. The van der Waals surface area contributed by atoms with E-state index in [9.17, 15) is 0 Å². The molecule has 1 heterocycles. The Kier molecular flexibility index (Phi) is 5.99. The summed E-state index contributed by atoms with van der Waals surface area (Å²) in [5, 5.41) is 3.72. The molecule has 0 bridgehead atoms. The molecule has 0 spiro atoms. The van der Waals surface area contributed by atoms with Gasteiger partial charge < -0.3 is 5.32 Å². The van der Waals surface area contributed by atoms with Crippen LogP contribution < -0.4 is 5.32 Å². The first kappa shape index (κ1) is 15.5. The fourth-order valence-electron chi connectivity index (χ4n) is 3.12. The topological polar surface area (TPSA) is 28.2 Å². The average molecular weight is 275 g/mol. The van der Waals surface area contributed by atoms with E-state index in [1.54, 1.807) is 0 Å². The largest absolute Gasteiger partial charge is 0.313 e. The number of pyridine rings is 1. The Morgan fingerprint density at radius 1 is 1.35 bits per heavy atom. The predicted octanol–water partition coefficient (Wildman–Crippen LogP) is 2.99. The molecule has 20 heavy (non-hydrogen) atoms. The van der Waals surface area contributed by atoms with Crippen molar-refractivity contribution in [1.29, 1.82) is 0 Å². The molecular weight excluding hydrogens is 246 g/mol. The Morgan fingerprint density at radius 3 is 2.95 bits per heavy atom. The molecule has 1 N–H and O–H groups in total. The highest BCUT2D eigenvalue weighted by Gasteiger charge is 2.17. The number of aromatic nitrogens is 1. The second-order valence-electron chi connectivity index (χ2n) is 6.43. The molecule has 0 saturated heterocycles. The fourth-order valence-corrected chi connectivity index (χ4v) is 3.12. The van der Waals surface area contributed by atoms with Gasteiger partial charge in [-0.15, -0.1) is 0 Å². The summed E-state index contributed by atoms with van der Waals surface area (Å²) in [5.74, 6) is 0.899. The predicted molar refractivity (Wildman–Crippen MR) is 84.7 cm³/mol. The molecule has 3 nitrogen and oxygen atoms in total. The summed E-state index contributed by atoms with van der Waals surface area (Å²) < 4.78 is 0. The minimum absolute atomic E-state index is 0.740. The maximum atomic E-state index is 4.56. The number of likely N-dealkylation sites (N-methyl/N-ethyl adjacent to an activating group) is 1. The highest BCUT2D eigenvalue weighted by molar-refractivity contribution is 5.09. The number of hydrogen-bond donors (Lipinski definition) is 1. The lowest BCUT2D eigenvalue weighted by Crippen LogP contribution is -2.38. The van der Waals surface area contributed by atoms with Crippen molar-refractivity contribution in [2.45, 2.75) is 52.1 Å². The molecule has 2 rings (SSSR count). The Hall–Kier alpha value is -0.930. The summed E-state index contributed by atoms with van der Waals surface area (Å²) in [7, 11) is 2.18. The maximum absolute atomic E-state index is 4.56. The van der Waals surface area contributed by atoms with E-state index in [1.807, 2.05) is 0 Å². The summed E-state index contributed by atoms with van der Waals surface area (Å²) in [6.45, 7) is 7.53. The second kappa shape index (κ2) is 7.75. The molecule has 1 saturated carbocycles. The van der Waals surface area contributed by atoms with E-state index in [0.717, 1.165) is 37.3 Å². The smallest absolute Gasteiger partial charge is 0.0547 e. The van der Waals surface area contributed by atoms with Crippen LogP contribution in [0, 0.1) is 12.8 Å². The first-order valence-corrected chi connectivity index (χ1v) is 7.98. The molecule has 0 aromatic carbocycles. The van der Waals surface area contributed by atoms with Crippen LogP contribution in [0.4, 0.5) is 0 Å². The van der Waals surface area contributed by atoms with E-state index in [4.69, 9.17) is 0 Å². The van der Waals surface area contributed by atoms with Gasteiger partial charge in [-0.2, -0.15) is 0 Å². The SMILES string of the molecule is Cc1cccc(CN(C)CCNC2CCCC(C)C2)n1. The lowest BCUT2D eigenvalue weighted by molar-refractivity contribution is 0.273. The van der Waals surface area contributed by atoms with Gasteiger partial charge in [-0.05, 0) is 44.9 Å². The molecule has 0 radical (unpaired) electrons. The van der Waals surface area contributed by atoms with Crippen LogP contribution in [-0.4, -0.2) is 36.1 Å². The molecule has 0 aliphatic heterocycles. The van der Waals surface area contributed by atoms with Crippen LogP contribution in [0.2, 0.25) is 0 Å². The van der Waals surface area contributed by atoms with Crippen LogP contribution in [0.25, 0.3) is 0 Å². The molecule has 1 aromatic heterocycles. The van der Waals surface area contributed by atoms with Gasteiger partial charge in [0.15, 0.2) is 0 Å². The van der Waals surface area contributed by atoms with Crippen molar-refractivity contribution in [3.63, 3.8) is 0 Å². The minimum atomic E-state index is 0.740. The van der Waals surface area contributed by atoms with Crippen molar-refractivity contribution in [1.82, 2.24) is 15.2 Å². The zero-order valence-corrected chi connectivity index (χ0v) is 13.2. The molecule has 1 aliphatic carbocycles. The number of hydrogen-bond acceptors (Lipinski definition) is 3. The Morgan fingerprint density at radius 2 is 2.20 bits per heavy atom. The Bertz CT molecular complexity index is 405. The average Bonchev–Trinajstić information content (AvgIpc) is 2.38. The molecule has 2 atom stereocenters. The maximum Gasteiger partial charge on any atom is 0.0547 e. The highest BCUT2D eigenvalue weighted by atomic mass is 15.1. The fraction of sp³-hybridized carbons (Fsp3) is 0.706. The first-order chi connectivity index (χ1) is 9.63. The molecule has 3 heteroatoms. The third-order valence-corrected chi connectivity index (χ3v) is 4.24. The van der Waals surface area contributed by atoms with Crippen molar-refractivity contribution < 1.29 is 0 Å². The minimum Gasteiger partial charge on any atom is -0.313 e. The van der Waals surface area contributed by atoms with Gasteiger partial charge in [-0.25, -0.2) is 0 Å². The summed E-state index contributed by atoms with van der Waals surface area (Å²) >= 11 is 0. The van der Waals surface area contributed by atoms with Crippen molar-refractivity contribution in [3.8, 4) is 0 Å². The summed E-state index contributed by atoms with van der Waals surface area (Å²) in [5.41, 5.74) is 2.27. The van der Waals surface area contributed by atoms with Crippen LogP contribution in [0.15, 0.2) is 18.2 Å². The van der Waals surface area contributed by atoms with Gasteiger partial charge in [0, 0.05) is 31.4 Å². The van der Waals surface area contributed by atoms with E-state index < -0.39 is 0 Å². The lowest BCUT2D eigenvalue weighted by Gasteiger charge is -2.28. The zero-order chi connectivity index (χ0) is 14.4. The van der Waals surface area contributed by atoms with E-state index in [0.29, 0.717) is 0 Å². The second-order valence-corrected chi connectivity index (χ2v) is 6.43. The quantitative estimate of drug-likeness (QED) is 0.865. The van der Waals surface area contributed by atoms with Gasteiger partial charge in [0.1, 0.15) is 0 Å². The third-order valence-electron chi connectivity index (χ3n) is 4.24. The van der Waals surface area contributed by atoms with Gasteiger partial charge in [-0.3, -0.25) is 9.88 Å². The monoisotopic (exact) mass is 275 g/mol. The van der Waals surface area contributed by atoms with E-state index in [1.165, 1.54) is 31.4 Å². The molecule has 2 unspecified atom stereocenters. The van der Waals surface area contributed by atoms with E-state index >= 15 is 0 Å². The van der Waals surface area contributed by atoms with Crippen LogP contribution >= 0.6 is 0 Å². The van der Waals surface area contributed by atoms with Crippen molar-refractivity contribution in [2.75, 3.05) is 20.1 Å². The van der Waals surface area contributed by atoms with Gasteiger partial charge in [-0.1, -0.05) is 25.8 Å². The summed E-state index contributed by atoms with van der Waals surface area (Å²) in [4.78, 5) is 6.91. The molecule has 1 fully saturated rings. The lowest BCUT2D eigenvalue weighted by atomic mass is 9.87. The van der Waals surface area contributed by atoms with Crippen molar-refractivity contribution in [3.05, 3.63) is 29.6 Å². The van der Waals surface area contributed by atoms with Crippen LogP contribution in [-0.2, 0) is 6.54 Å². The van der Waals surface area contributed by atoms with Crippen LogP contribution in [0.3, 0.4) is 0 Å². The third kappa shape index (κ3) is 5.22. The number of rotatable bonds is 6. The summed E-state index contributed by atoms with van der Waals surface area (Å²) in [6, 6.07) is 6.99. The van der Waals surface area contributed by atoms with E-state index in [2.05, 4.69) is 54.3 Å². The van der Waals surface area contributed by atoms with Gasteiger partial charge in [0.05, 0.1) is 5.69 Å². The van der Waals surface area contributed by atoms with Crippen molar-refractivity contribution >= 4 is 0 Å². The molecule has 1 aromatic rings. The van der Waals surface area contributed by atoms with Gasteiger partial charge in [0.2, 0.25) is 0 Å². The number of nitrogens with zero attached hydrogens (tertiary/aromatic N) is 2. The standard InChI is InChI=1S/C17H29N3/c1-14-6-4-8-16(12-14)18-10-11-20(3)13-17-9-5-7-15(2)19-17/h5,7,9,14,16,18H,4,6,8,10-13H2,1-3H3. The van der Waals surface area contributed by atoms with E-state index in [-0.39, 0.29) is 0 Å².